The highest BCUT2D eigenvalue weighted by Gasteiger charge is 2.23. The average molecular weight is 272 g/mol. The third kappa shape index (κ3) is 2.41. The minimum atomic E-state index is -0.0537. The molecule has 0 radical (unpaired) electrons. The number of likely N-dealkylation sites (N-methyl/N-ethyl adjacent to an activating group) is 1. The molecule has 1 amide bonds. The molecule has 1 aliphatic carbocycles. The summed E-state index contributed by atoms with van der Waals surface area (Å²) in [6.45, 7) is 0.299. The molecule has 3 rings (SSSR count). The van der Waals surface area contributed by atoms with Crippen LogP contribution in [0.2, 0.25) is 0 Å². The summed E-state index contributed by atoms with van der Waals surface area (Å²) in [4.78, 5) is 16.4. The van der Waals surface area contributed by atoms with Gasteiger partial charge in [0.15, 0.2) is 0 Å². The zero-order valence-corrected chi connectivity index (χ0v) is 11.7. The van der Waals surface area contributed by atoms with Gasteiger partial charge in [0.25, 0.3) is 0 Å². The Morgan fingerprint density at radius 2 is 2.10 bits per heavy atom. The molecule has 2 N–H and O–H groups in total. The first kappa shape index (κ1) is 13.1. The first-order chi connectivity index (χ1) is 9.79. The van der Waals surface area contributed by atoms with Crippen molar-refractivity contribution in [3.63, 3.8) is 0 Å². The van der Waals surface area contributed by atoms with Crippen molar-refractivity contribution in [1.82, 2.24) is 14.9 Å². The van der Waals surface area contributed by atoms with E-state index in [-0.39, 0.29) is 5.91 Å². The molecule has 0 unspecified atom stereocenters. The van der Waals surface area contributed by atoms with Crippen molar-refractivity contribution in [3.05, 3.63) is 24.3 Å². The molecule has 1 heterocycles. The zero-order valence-electron chi connectivity index (χ0n) is 11.7. The number of anilines is 1. The molecular formula is C15H20N4O. The van der Waals surface area contributed by atoms with Gasteiger partial charge in [0.05, 0.1) is 17.6 Å². The summed E-state index contributed by atoms with van der Waals surface area (Å²) in [7, 11) is 1.76. The highest BCUT2D eigenvalue weighted by Crippen LogP contribution is 2.35. The predicted molar refractivity (Wildman–Crippen MR) is 79.8 cm³/mol. The maximum Gasteiger partial charge on any atom is 0.240 e. The highest BCUT2D eigenvalue weighted by atomic mass is 16.2. The maximum atomic E-state index is 11.8. The van der Waals surface area contributed by atoms with Crippen LogP contribution in [0.5, 0.6) is 0 Å². The Morgan fingerprint density at radius 1 is 1.35 bits per heavy atom. The third-order valence-corrected chi connectivity index (χ3v) is 3.87. The van der Waals surface area contributed by atoms with Gasteiger partial charge in [0.2, 0.25) is 11.9 Å². The van der Waals surface area contributed by atoms with Crippen molar-refractivity contribution in [3.8, 4) is 0 Å². The average Bonchev–Trinajstić information content (AvgIpc) is 3.04. The smallest absolute Gasteiger partial charge is 0.240 e. The fourth-order valence-corrected chi connectivity index (χ4v) is 2.99. The summed E-state index contributed by atoms with van der Waals surface area (Å²) in [5, 5.41) is 5.79. The number of nitrogens with one attached hydrogen (secondary N) is 2. The fourth-order valence-electron chi connectivity index (χ4n) is 2.99. The van der Waals surface area contributed by atoms with Crippen LogP contribution in [0.3, 0.4) is 0 Å². The number of nitrogens with zero attached hydrogens (tertiary/aromatic N) is 2. The van der Waals surface area contributed by atoms with E-state index < -0.39 is 0 Å². The quantitative estimate of drug-likeness (QED) is 0.898. The van der Waals surface area contributed by atoms with Gasteiger partial charge < -0.3 is 9.88 Å². The molecule has 5 heteroatoms. The van der Waals surface area contributed by atoms with Crippen LogP contribution in [0.1, 0.15) is 31.7 Å². The number of carbonyl (C=O) groups excluding carboxylic acids is 1. The largest absolute Gasteiger partial charge is 0.311 e. The number of para-hydroxylation sites is 2. The van der Waals surface area contributed by atoms with Crippen LogP contribution < -0.4 is 10.6 Å². The highest BCUT2D eigenvalue weighted by molar-refractivity contribution is 5.92. The molecule has 0 spiro atoms. The van der Waals surface area contributed by atoms with E-state index in [1.165, 1.54) is 12.8 Å². The normalized spacial score (nSPS) is 15.8. The summed E-state index contributed by atoms with van der Waals surface area (Å²) in [6, 6.07) is 8.53. The molecule has 1 aromatic carbocycles. The van der Waals surface area contributed by atoms with E-state index in [1.807, 2.05) is 18.2 Å². The lowest BCUT2D eigenvalue weighted by Gasteiger charge is -2.16. The van der Waals surface area contributed by atoms with E-state index in [0.717, 1.165) is 23.9 Å². The summed E-state index contributed by atoms with van der Waals surface area (Å²) in [5.74, 6) is 0.625. The molecule has 1 fully saturated rings. The number of hydrogen-bond acceptors (Lipinski definition) is 3. The van der Waals surface area contributed by atoms with E-state index >= 15 is 0 Å². The Hall–Kier alpha value is -1.88. The van der Waals surface area contributed by atoms with E-state index in [1.54, 1.807) is 7.05 Å². The van der Waals surface area contributed by atoms with Crippen molar-refractivity contribution in [2.75, 3.05) is 18.9 Å². The molecule has 0 bridgehead atoms. The van der Waals surface area contributed by atoms with Gasteiger partial charge >= 0.3 is 0 Å². The van der Waals surface area contributed by atoms with Crippen molar-refractivity contribution < 1.29 is 4.79 Å². The summed E-state index contributed by atoms with van der Waals surface area (Å²) >= 11 is 0. The van der Waals surface area contributed by atoms with Gasteiger partial charge in [0, 0.05) is 6.04 Å². The number of aromatic nitrogens is 2. The van der Waals surface area contributed by atoms with Crippen LogP contribution in [-0.2, 0) is 4.79 Å². The van der Waals surface area contributed by atoms with Crippen LogP contribution >= 0.6 is 0 Å². The number of carbonyl (C=O) groups is 1. The summed E-state index contributed by atoms with van der Waals surface area (Å²) in [6.07, 6.45) is 4.83. The van der Waals surface area contributed by atoms with Crippen molar-refractivity contribution >= 4 is 22.9 Å². The number of fused-ring (bicyclic) bond motifs is 1. The topological polar surface area (TPSA) is 59.0 Å². The number of hydrogen-bond donors (Lipinski definition) is 2. The van der Waals surface area contributed by atoms with Crippen molar-refractivity contribution in [2.24, 2.45) is 0 Å². The minimum absolute atomic E-state index is 0.0537. The van der Waals surface area contributed by atoms with Gasteiger partial charge in [0.1, 0.15) is 0 Å². The molecule has 1 aromatic heterocycles. The van der Waals surface area contributed by atoms with Crippen LogP contribution in [0, 0.1) is 0 Å². The van der Waals surface area contributed by atoms with E-state index in [4.69, 9.17) is 0 Å². The van der Waals surface area contributed by atoms with Crippen LogP contribution in [-0.4, -0.2) is 29.1 Å². The fraction of sp³-hybridized carbons (Fsp3) is 0.467. The second-order valence-electron chi connectivity index (χ2n) is 5.31. The third-order valence-electron chi connectivity index (χ3n) is 3.87. The zero-order chi connectivity index (χ0) is 13.9. The monoisotopic (exact) mass is 272 g/mol. The Bertz CT molecular complexity index is 613. The molecule has 0 saturated heterocycles. The molecule has 0 atom stereocenters. The van der Waals surface area contributed by atoms with E-state index in [0.29, 0.717) is 18.5 Å². The van der Waals surface area contributed by atoms with Crippen LogP contribution in [0.4, 0.5) is 5.95 Å². The minimum Gasteiger partial charge on any atom is -0.311 e. The van der Waals surface area contributed by atoms with E-state index in [2.05, 4.69) is 26.3 Å². The molecule has 0 aliphatic heterocycles. The van der Waals surface area contributed by atoms with Gasteiger partial charge in [-0.2, -0.15) is 0 Å². The Kier molecular flexibility index (Phi) is 3.69. The van der Waals surface area contributed by atoms with Crippen molar-refractivity contribution in [1.29, 1.82) is 0 Å². The maximum absolute atomic E-state index is 11.8. The standard InChI is InChI=1S/C15H20N4O/c1-16-10-14(20)18-15-17-12-8-4-5-9-13(12)19(15)11-6-2-3-7-11/h4-5,8-9,11,16H,2-3,6-7,10H2,1H3,(H,17,18,20). The number of rotatable bonds is 4. The van der Waals surface area contributed by atoms with Crippen molar-refractivity contribution in [2.45, 2.75) is 31.7 Å². The van der Waals surface area contributed by atoms with Gasteiger partial charge in [-0.1, -0.05) is 25.0 Å². The first-order valence-corrected chi connectivity index (χ1v) is 7.21. The SMILES string of the molecule is CNCC(=O)Nc1nc2ccccc2n1C1CCCC1. The molecule has 1 aliphatic rings. The predicted octanol–water partition coefficient (Wildman–Crippen LogP) is 2.31. The molecule has 2 aromatic rings. The molecular weight excluding hydrogens is 252 g/mol. The lowest BCUT2D eigenvalue weighted by Crippen LogP contribution is -2.27. The second kappa shape index (κ2) is 5.63. The Morgan fingerprint density at radius 3 is 2.85 bits per heavy atom. The van der Waals surface area contributed by atoms with Gasteiger partial charge in [-0.3, -0.25) is 10.1 Å². The Labute approximate surface area is 118 Å². The lowest BCUT2D eigenvalue weighted by atomic mass is 10.2. The van der Waals surface area contributed by atoms with E-state index in [9.17, 15) is 4.79 Å². The second-order valence-corrected chi connectivity index (χ2v) is 5.31. The summed E-state index contributed by atoms with van der Waals surface area (Å²) in [5.41, 5.74) is 2.05. The molecule has 106 valence electrons. The lowest BCUT2D eigenvalue weighted by molar-refractivity contribution is -0.115. The molecule has 20 heavy (non-hydrogen) atoms. The number of benzene rings is 1. The summed E-state index contributed by atoms with van der Waals surface area (Å²) < 4.78 is 2.20. The molecule has 1 saturated carbocycles. The van der Waals surface area contributed by atoms with Gasteiger partial charge in [-0.05, 0) is 32.0 Å². The van der Waals surface area contributed by atoms with Gasteiger partial charge in [-0.15, -0.1) is 0 Å². The first-order valence-electron chi connectivity index (χ1n) is 7.21. The van der Waals surface area contributed by atoms with Crippen LogP contribution in [0.15, 0.2) is 24.3 Å². The number of amides is 1. The van der Waals surface area contributed by atoms with Crippen LogP contribution in [0.25, 0.3) is 11.0 Å². The van der Waals surface area contributed by atoms with Gasteiger partial charge in [-0.25, -0.2) is 4.98 Å². The Balaban J connectivity index is 2.00. The number of imidazole rings is 1. The molecule has 5 nitrogen and oxygen atoms in total.